The van der Waals surface area contributed by atoms with Crippen LogP contribution in [0.5, 0.6) is 0 Å². The first-order valence-electron chi connectivity index (χ1n) is 10.0. The Kier molecular flexibility index (Phi) is 5.33. The molecule has 8 nitrogen and oxygen atoms in total. The molecule has 0 aliphatic carbocycles. The molecular weight excluding hydrogens is 370 g/mol. The molecule has 29 heavy (non-hydrogen) atoms. The number of rotatable bonds is 4. The van der Waals surface area contributed by atoms with Crippen molar-refractivity contribution >= 4 is 23.6 Å². The quantitative estimate of drug-likeness (QED) is 0.731. The number of benzene rings is 1. The Morgan fingerprint density at radius 1 is 1.28 bits per heavy atom. The first kappa shape index (κ1) is 19.2. The summed E-state index contributed by atoms with van der Waals surface area (Å²) < 4.78 is 0. The van der Waals surface area contributed by atoms with Gasteiger partial charge in [-0.3, -0.25) is 19.4 Å². The smallest absolute Gasteiger partial charge is 0.258 e. The lowest BCUT2D eigenvalue weighted by atomic mass is 9.92. The van der Waals surface area contributed by atoms with E-state index in [0.717, 1.165) is 31.5 Å². The minimum absolute atomic E-state index is 0.0710. The molecule has 1 saturated heterocycles. The number of H-pyrrole nitrogens is 1. The average molecular weight is 395 g/mol. The van der Waals surface area contributed by atoms with Crippen LogP contribution in [-0.2, 0) is 16.1 Å². The summed E-state index contributed by atoms with van der Waals surface area (Å²) in [4.78, 5) is 47.2. The number of fused-ring (bicyclic) bond motifs is 1. The highest BCUT2D eigenvalue weighted by Gasteiger charge is 2.35. The third kappa shape index (κ3) is 4.16. The zero-order valence-electron chi connectivity index (χ0n) is 16.4. The summed E-state index contributed by atoms with van der Waals surface area (Å²) in [7, 11) is 0. The van der Waals surface area contributed by atoms with Crippen molar-refractivity contribution in [3.8, 4) is 0 Å². The van der Waals surface area contributed by atoms with Crippen molar-refractivity contribution in [3.05, 3.63) is 51.8 Å². The maximum absolute atomic E-state index is 12.9. The van der Waals surface area contributed by atoms with Gasteiger partial charge in [0.2, 0.25) is 17.8 Å². The Morgan fingerprint density at radius 2 is 2.07 bits per heavy atom. The van der Waals surface area contributed by atoms with E-state index in [4.69, 9.17) is 0 Å². The van der Waals surface area contributed by atoms with Crippen LogP contribution in [0.3, 0.4) is 0 Å². The number of amides is 2. The van der Waals surface area contributed by atoms with Crippen LogP contribution in [0.1, 0.15) is 43.2 Å². The summed E-state index contributed by atoms with van der Waals surface area (Å²) in [6.45, 7) is 4.11. The Hall–Kier alpha value is -3.16. The normalized spacial score (nSPS) is 21.3. The second-order valence-corrected chi connectivity index (χ2v) is 7.85. The van der Waals surface area contributed by atoms with Crippen molar-refractivity contribution < 1.29 is 9.59 Å². The van der Waals surface area contributed by atoms with E-state index in [9.17, 15) is 14.4 Å². The Balaban J connectivity index is 1.58. The van der Waals surface area contributed by atoms with Gasteiger partial charge in [-0.2, -0.15) is 4.98 Å². The topological polar surface area (TPSA) is 107 Å². The van der Waals surface area contributed by atoms with Gasteiger partial charge in [0.25, 0.3) is 5.56 Å². The molecule has 8 heteroatoms. The number of hydrogen-bond acceptors (Lipinski definition) is 5. The molecule has 3 N–H and O–H groups in total. The van der Waals surface area contributed by atoms with Crippen molar-refractivity contribution in [1.82, 2.24) is 15.3 Å². The minimum Gasteiger partial charge on any atom is -0.351 e. The first-order valence-corrected chi connectivity index (χ1v) is 10.0. The molecule has 0 radical (unpaired) electrons. The predicted octanol–water partition coefficient (Wildman–Crippen LogP) is 1.75. The monoisotopic (exact) mass is 395 g/mol. The highest BCUT2D eigenvalue weighted by molar-refractivity contribution is 6.00. The fourth-order valence-electron chi connectivity index (χ4n) is 4.02. The third-order valence-corrected chi connectivity index (χ3v) is 5.52. The highest BCUT2D eigenvalue weighted by Crippen LogP contribution is 2.30. The van der Waals surface area contributed by atoms with Gasteiger partial charge in [0.1, 0.15) is 5.82 Å². The van der Waals surface area contributed by atoms with Crippen LogP contribution in [0.4, 0.5) is 11.8 Å². The number of hydrogen-bond donors (Lipinski definition) is 3. The van der Waals surface area contributed by atoms with Crippen LogP contribution in [-0.4, -0.2) is 34.9 Å². The summed E-state index contributed by atoms with van der Waals surface area (Å²) in [6.07, 6.45) is 2.10. The molecule has 0 unspecified atom stereocenters. The molecule has 0 saturated carbocycles. The number of nitrogens with zero attached hydrogens (tertiary/aromatic N) is 2. The molecule has 0 spiro atoms. The van der Waals surface area contributed by atoms with Crippen LogP contribution in [0.15, 0.2) is 35.1 Å². The Morgan fingerprint density at radius 3 is 2.83 bits per heavy atom. The van der Waals surface area contributed by atoms with E-state index in [2.05, 4.69) is 27.5 Å². The molecule has 4 rings (SSSR count). The predicted molar refractivity (Wildman–Crippen MR) is 110 cm³/mol. The minimum atomic E-state index is -0.854. The van der Waals surface area contributed by atoms with Crippen molar-refractivity contribution in [2.24, 2.45) is 5.92 Å². The van der Waals surface area contributed by atoms with Gasteiger partial charge >= 0.3 is 0 Å². The van der Waals surface area contributed by atoms with Crippen LogP contribution in [0.2, 0.25) is 0 Å². The van der Waals surface area contributed by atoms with E-state index in [1.165, 1.54) is 0 Å². The maximum Gasteiger partial charge on any atom is 0.258 e. The Bertz CT molecular complexity index is 972. The molecule has 1 fully saturated rings. The average Bonchev–Trinajstić information content (AvgIpc) is 2.71. The number of aromatic amines is 1. The second-order valence-electron chi connectivity index (χ2n) is 7.85. The van der Waals surface area contributed by atoms with Crippen molar-refractivity contribution in [2.75, 3.05) is 23.3 Å². The molecule has 2 atom stereocenters. The highest BCUT2D eigenvalue weighted by atomic mass is 16.2. The number of carbonyl (C=O) groups is 2. The molecule has 1 aromatic carbocycles. The largest absolute Gasteiger partial charge is 0.351 e. The van der Waals surface area contributed by atoms with Crippen LogP contribution >= 0.6 is 0 Å². The summed E-state index contributed by atoms with van der Waals surface area (Å²) in [5.74, 6) is -0.363. The van der Waals surface area contributed by atoms with Gasteiger partial charge in [-0.05, 0) is 24.3 Å². The van der Waals surface area contributed by atoms with Gasteiger partial charge < -0.3 is 15.5 Å². The lowest BCUT2D eigenvalue weighted by Gasteiger charge is -2.32. The van der Waals surface area contributed by atoms with Gasteiger partial charge in [0.15, 0.2) is 0 Å². The van der Waals surface area contributed by atoms with Gasteiger partial charge in [-0.1, -0.05) is 37.3 Å². The summed E-state index contributed by atoms with van der Waals surface area (Å²) >= 11 is 0. The number of anilines is 2. The third-order valence-electron chi connectivity index (χ3n) is 5.52. The van der Waals surface area contributed by atoms with E-state index in [-0.39, 0.29) is 35.2 Å². The molecule has 152 valence electrons. The standard InChI is InChI=1S/C21H25N5O3/c1-13-6-5-9-26(12-13)21-24-18-17(20(29)25-21)15(10-16(27)23-18)19(28)22-11-14-7-3-2-4-8-14/h2-4,7-8,13,15H,5-6,9-12H2,1H3,(H,22,28)(H2,23,24,25,27,29)/t13-,15-/m0/s1. The van der Waals surface area contributed by atoms with Crippen molar-refractivity contribution in [3.63, 3.8) is 0 Å². The number of aromatic nitrogens is 2. The number of piperidine rings is 1. The summed E-state index contributed by atoms with van der Waals surface area (Å²) in [5, 5.41) is 5.50. The number of carbonyl (C=O) groups excluding carboxylic acids is 2. The zero-order chi connectivity index (χ0) is 20.4. The van der Waals surface area contributed by atoms with Crippen LogP contribution in [0.25, 0.3) is 0 Å². The molecule has 3 heterocycles. The molecule has 0 bridgehead atoms. The van der Waals surface area contributed by atoms with E-state index in [1.807, 2.05) is 35.2 Å². The van der Waals surface area contributed by atoms with E-state index in [1.54, 1.807) is 0 Å². The summed E-state index contributed by atoms with van der Waals surface area (Å²) in [6, 6.07) is 9.49. The van der Waals surface area contributed by atoms with Crippen LogP contribution in [0, 0.1) is 5.92 Å². The van der Waals surface area contributed by atoms with Gasteiger partial charge in [0.05, 0.1) is 11.5 Å². The van der Waals surface area contributed by atoms with Crippen molar-refractivity contribution in [2.45, 2.75) is 38.6 Å². The van der Waals surface area contributed by atoms with Crippen LogP contribution < -0.4 is 21.1 Å². The molecule has 2 aromatic rings. The fourth-order valence-corrected chi connectivity index (χ4v) is 4.02. The summed E-state index contributed by atoms with van der Waals surface area (Å²) in [5.41, 5.74) is 0.801. The second kappa shape index (κ2) is 8.06. The molecule has 2 amide bonds. The fraction of sp³-hybridized carbons (Fsp3) is 0.429. The van der Waals surface area contributed by atoms with E-state index >= 15 is 0 Å². The number of nitrogens with one attached hydrogen (secondary N) is 3. The van der Waals surface area contributed by atoms with Crippen molar-refractivity contribution in [1.29, 1.82) is 0 Å². The van der Waals surface area contributed by atoms with E-state index < -0.39 is 5.92 Å². The SMILES string of the molecule is C[C@H]1CCCN(c2nc3c(c(=O)[nH]2)[C@@H](C(=O)NCc2ccccc2)CC(=O)N3)C1. The molecule has 2 aliphatic rings. The van der Waals surface area contributed by atoms with Gasteiger partial charge in [-0.25, -0.2) is 0 Å². The maximum atomic E-state index is 12.9. The Labute approximate surface area is 168 Å². The molecule has 2 aliphatic heterocycles. The lowest BCUT2D eigenvalue weighted by Crippen LogP contribution is -2.41. The van der Waals surface area contributed by atoms with E-state index in [0.29, 0.717) is 18.4 Å². The van der Waals surface area contributed by atoms with Gasteiger partial charge in [0, 0.05) is 26.1 Å². The lowest BCUT2D eigenvalue weighted by molar-refractivity contribution is -0.126. The zero-order valence-corrected chi connectivity index (χ0v) is 16.4. The molecular formula is C21H25N5O3. The van der Waals surface area contributed by atoms with Gasteiger partial charge in [-0.15, -0.1) is 0 Å². The first-order chi connectivity index (χ1) is 14.0. The molecule has 1 aromatic heterocycles.